The van der Waals surface area contributed by atoms with Gasteiger partial charge in [0, 0.05) is 0 Å². The Hall–Kier alpha value is -0.925. The second-order valence-electron chi connectivity index (χ2n) is 8.46. The van der Waals surface area contributed by atoms with Crippen molar-refractivity contribution in [1.29, 1.82) is 0 Å². The van der Waals surface area contributed by atoms with Crippen LogP contribution in [-0.2, 0) is 19.3 Å². The summed E-state index contributed by atoms with van der Waals surface area (Å²) >= 11 is 0. The number of benzene rings is 1. The molecule has 0 atom stereocenters. The van der Waals surface area contributed by atoms with Crippen molar-refractivity contribution in [2.75, 3.05) is 26.7 Å². The Balaban J connectivity index is 0.000000336. The van der Waals surface area contributed by atoms with Crippen molar-refractivity contribution >= 4 is 22.6 Å². The van der Waals surface area contributed by atoms with Crippen molar-refractivity contribution in [3.63, 3.8) is 0 Å². The van der Waals surface area contributed by atoms with Gasteiger partial charge in [-0.05, 0) is 91.7 Å². The van der Waals surface area contributed by atoms with Crippen LogP contribution in [-0.4, -0.2) is 58.3 Å². The van der Waals surface area contributed by atoms with Gasteiger partial charge in [0.25, 0.3) is 0 Å². The van der Waals surface area contributed by atoms with E-state index in [4.69, 9.17) is 9.31 Å². The van der Waals surface area contributed by atoms with Crippen molar-refractivity contribution in [2.24, 2.45) is 0 Å². The lowest BCUT2D eigenvalue weighted by atomic mass is 9.76. The number of likely N-dealkylation sites (tertiary alicyclic amines) is 1. The lowest BCUT2D eigenvalue weighted by Gasteiger charge is -2.32. The molecule has 1 aromatic rings. The van der Waals surface area contributed by atoms with E-state index in [9.17, 15) is 8.42 Å². The molecular formula is C20H35BN2O4S. The fourth-order valence-corrected chi connectivity index (χ4v) is 3.99. The minimum Gasteiger partial charge on any atom is -0.399 e. The maximum Gasteiger partial charge on any atom is 0.495 e. The van der Waals surface area contributed by atoms with E-state index in [1.807, 2.05) is 34.6 Å². The fourth-order valence-electron chi connectivity index (χ4n) is 3.23. The highest BCUT2D eigenvalue weighted by Gasteiger charge is 2.52. The minimum atomic E-state index is -3.49. The van der Waals surface area contributed by atoms with Crippen LogP contribution in [0.25, 0.3) is 0 Å². The van der Waals surface area contributed by atoms with Gasteiger partial charge in [0.2, 0.25) is 10.0 Å². The van der Waals surface area contributed by atoms with Crippen LogP contribution in [0.5, 0.6) is 0 Å². The molecule has 2 aliphatic rings. The molecule has 1 aromatic carbocycles. The maximum absolute atomic E-state index is 11.9. The molecule has 2 fully saturated rings. The first-order valence-electron chi connectivity index (χ1n) is 10.1. The van der Waals surface area contributed by atoms with Crippen LogP contribution in [0.2, 0.25) is 0 Å². The number of hydrogen-bond donors (Lipinski definition) is 1. The molecule has 0 bridgehead atoms. The van der Waals surface area contributed by atoms with E-state index in [1.165, 1.54) is 39.5 Å². The number of sulfonamides is 1. The average Bonchev–Trinajstić information content (AvgIpc) is 3.21. The molecule has 0 saturated carbocycles. The molecule has 6 nitrogen and oxygen atoms in total. The molecule has 2 heterocycles. The zero-order valence-electron chi connectivity index (χ0n) is 18.3. The fraction of sp³-hybridized carbons (Fsp3) is 0.700. The van der Waals surface area contributed by atoms with Gasteiger partial charge in [-0.1, -0.05) is 18.6 Å². The molecular weight excluding hydrogens is 375 g/mol. The summed E-state index contributed by atoms with van der Waals surface area (Å²) in [6.45, 7) is 16.0. The van der Waals surface area contributed by atoms with Crippen molar-refractivity contribution in [3.8, 4) is 0 Å². The Morgan fingerprint density at radius 1 is 1.11 bits per heavy atom. The Labute approximate surface area is 171 Å². The van der Waals surface area contributed by atoms with Gasteiger partial charge >= 0.3 is 7.12 Å². The highest BCUT2D eigenvalue weighted by atomic mass is 32.2. The number of rotatable bonds is 4. The third kappa shape index (κ3) is 5.16. The van der Waals surface area contributed by atoms with Gasteiger partial charge in [0.15, 0.2) is 0 Å². The Morgan fingerprint density at radius 3 is 2.07 bits per heavy atom. The third-order valence-electron chi connectivity index (χ3n) is 5.98. The van der Waals surface area contributed by atoms with Gasteiger partial charge in [-0.15, -0.1) is 0 Å². The lowest BCUT2D eigenvalue weighted by molar-refractivity contribution is 0.00578. The number of hydrogen-bond acceptors (Lipinski definition) is 5. The molecule has 0 spiro atoms. The summed E-state index contributed by atoms with van der Waals surface area (Å²) in [7, 11) is -2.66. The molecule has 3 rings (SSSR count). The Morgan fingerprint density at radius 2 is 1.64 bits per heavy atom. The Kier molecular flexibility index (Phi) is 7.37. The molecule has 0 amide bonds. The molecule has 2 aliphatic heterocycles. The molecule has 158 valence electrons. The van der Waals surface area contributed by atoms with Crippen LogP contribution in [0.4, 0.5) is 0 Å². The van der Waals surface area contributed by atoms with Crippen molar-refractivity contribution in [3.05, 3.63) is 23.8 Å². The van der Waals surface area contributed by atoms with Gasteiger partial charge in [-0.3, -0.25) is 0 Å². The SMILES string of the molecule is CCN1CCCC1.CNS(=O)(=O)c1ccc(C)c(B2OC(C)(C)C(C)(C)O2)c1. The van der Waals surface area contributed by atoms with E-state index >= 15 is 0 Å². The monoisotopic (exact) mass is 410 g/mol. The highest BCUT2D eigenvalue weighted by molar-refractivity contribution is 7.89. The summed E-state index contributed by atoms with van der Waals surface area (Å²) in [4.78, 5) is 2.69. The maximum atomic E-state index is 11.9. The first-order valence-corrected chi connectivity index (χ1v) is 11.5. The lowest BCUT2D eigenvalue weighted by Crippen LogP contribution is -2.41. The smallest absolute Gasteiger partial charge is 0.399 e. The standard InChI is InChI=1S/C14H22BNO4S.C6H13N/c1-10-7-8-11(21(17,18)16-6)9-12(10)15-19-13(2,3)14(4,5)20-15;1-2-7-5-3-4-6-7/h7-9,16H,1-6H3;2-6H2,1H3. The zero-order valence-corrected chi connectivity index (χ0v) is 19.1. The second kappa shape index (κ2) is 8.84. The molecule has 0 unspecified atom stereocenters. The van der Waals surface area contributed by atoms with Crippen LogP contribution in [0.3, 0.4) is 0 Å². The highest BCUT2D eigenvalue weighted by Crippen LogP contribution is 2.36. The van der Waals surface area contributed by atoms with Gasteiger partial charge in [-0.25, -0.2) is 13.1 Å². The van der Waals surface area contributed by atoms with Crippen LogP contribution >= 0.6 is 0 Å². The normalized spacial score (nSPS) is 21.5. The number of nitrogens with zero attached hydrogens (tertiary/aromatic N) is 1. The third-order valence-corrected chi connectivity index (χ3v) is 7.39. The van der Waals surface area contributed by atoms with Crippen molar-refractivity contribution < 1.29 is 17.7 Å². The van der Waals surface area contributed by atoms with Crippen molar-refractivity contribution in [1.82, 2.24) is 9.62 Å². The Bertz CT molecular complexity index is 758. The molecule has 28 heavy (non-hydrogen) atoms. The van der Waals surface area contributed by atoms with E-state index in [0.717, 1.165) is 11.0 Å². The molecule has 2 saturated heterocycles. The second-order valence-corrected chi connectivity index (χ2v) is 10.3. The van der Waals surface area contributed by atoms with E-state index < -0.39 is 28.3 Å². The van der Waals surface area contributed by atoms with Crippen LogP contribution in [0.1, 0.15) is 53.0 Å². The topological polar surface area (TPSA) is 67.9 Å². The predicted octanol–water partition coefficient (Wildman–Crippen LogP) is 2.30. The van der Waals surface area contributed by atoms with Crippen molar-refractivity contribution in [2.45, 2.75) is 70.5 Å². The summed E-state index contributed by atoms with van der Waals surface area (Å²) in [6, 6.07) is 4.96. The summed E-state index contributed by atoms with van der Waals surface area (Å²) < 4.78 is 38.2. The largest absolute Gasteiger partial charge is 0.495 e. The van der Waals surface area contributed by atoms with Gasteiger partial charge < -0.3 is 14.2 Å². The van der Waals surface area contributed by atoms with Crippen LogP contribution in [0.15, 0.2) is 23.1 Å². The summed E-state index contributed by atoms with van der Waals surface area (Å²) in [6.07, 6.45) is 2.85. The van der Waals surface area contributed by atoms with E-state index in [0.29, 0.717) is 0 Å². The first-order chi connectivity index (χ1) is 12.9. The summed E-state index contributed by atoms with van der Waals surface area (Å²) in [5, 5.41) is 0. The zero-order chi connectivity index (χ0) is 21.2. The van der Waals surface area contributed by atoms with Crippen LogP contribution < -0.4 is 10.2 Å². The van der Waals surface area contributed by atoms with E-state index in [1.54, 1.807) is 18.2 Å². The molecule has 1 N–H and O–H groups in total. The summed E-state index contributed by atoms with van der Waals surface area (Å²) in [5.41, 5.74) is 0.762. The van der Waals surface area contributed by atoms with Gasteiger partial charge in [0.05, 0.1) is 16.1 Å². The van der Waals surface area contributed by atoms with Crippen LogP contribution in [0, 0.1) is 6.92 Å². The minimum absolute atomic E-state index is 0.209. The predicted molar refractivity (Wildman–Crippen MR) is 114 cm³/mol. The first kappa shape index (κ1) is 23.4. The molecule has 8 heteroatoms. The van der Waals surface area contributed by atoms with E-state index in [2.05, 4.69) is 16.5 Å². The van der Waals surface area contributed by atoms with Gasteiger partial charge in [-0.2, -0.15) is 0 Å². The quantitative estimate of drug-likeness (QED) is 0.772. The van der Waals surface area contributed by atoms with E-state index in [-0.39, 0.29) is 4.90 Å². The van der Waals surface area contributed by atoms with Gasteiger partial charge in [0.1, 0.15) is 0 Å². The number of nitrogens with one attached hydrogen (secondary N) is 1. The molecule has 0 aliphatic carbocycles. The molecule has 0 aromatic heterocycles. The number of aryl methyl sites for hydroxylation is 1. The summed E-state index contributed by atoms with van der Waals surface area (Å²) in [5.74, 6) is 0. The average molecular weight is 410 g/mol. The molecule has 0 radical (unpaired) electrons.